The first kappa shape index (κ1) is 15.2. The van der Waals surface area contributed by atoms with Gasteiger partial charge in [-0.1, -0.05) is 13.8 Å². The van der Waals surface area contributed by atoms with Gasteiger partial charge in [0, 0.05) is 0 Å². The lowest BCUT2D eigenvalue weighted by Crippen LogP contribution is -2.38. The third-order valence-electron chi connectivity index (χ3n) is 3.21. The molecule has 0 aromatic carbocycles. The van der Waals surface area contributed by atoms with Crippen molar-refractivity contribution in [1.29, 1.82) is 0 Å². The standard InChI is InChI=1S/C14H19N3O4/c1-7(2)4-9(5-18)17-13(20)10-8(3)21-14-11(10)12(19)15-6-16-14/h6-7,9,18H,4-5H2,1-3H3,(H,17,20)(H,15,16,19). The maximum atomic E-state index is 12.4. The van der Waals surface area contributed by atoms with Crippen LogP contribution in [0.3, 0.4) is 0 Å². The van der Waals surface area contributed by atoms with E-state index in [0.29, 0.717) is 18.1 Å². The molecule has 3 N–H and O–H groups in total. The van der Waals surface area contributed by atoms with Crippen molar-refractivity contribution in [2.24, 2.45) is 5.92 Å². The molecule has 0 saturated heterocycles. The molecule has 0 bridgehead atoms. The SMILES string of the molecule is Cc1oc2nc[nH]c(=O)c2c1C(=O)NC(CO)CC(C)C. The predicted molar refractivity (Wildman–Crippen MR) is 77.2 cm³/mol. The second-order valence-corrected chi connectivity index (χ2v) is 5.43. The van der Waals surface area contributed by atoms with Gasteiger partial charge in [0.15, 0.2) is 0 Å². The van der Waals surface area contributed by atoms with Gasteiger partial charge in [0.25, 0.3) is 11.5 Å². The Hall–Kier alpha value is -2.15. The van der Waals surface area contributed by atoms with Crippen molar-refractivity contribution in [2.45, 2.75) is 33.2 Å². The second kappa shape index (κ2) is 6.09. The number of aliphatic hydroxyl groups excluding tert-OH is 1. The summed E-state index contributed by atoms with van der Waals surface area (Å²) < 4.78 is 5.34. The molecule has 2 aromatic heterocycles. The Labute approximate surface area is 121 Å². The predicted octanol–water partition coefficient (Wildman–Crippen LogP) is 0.961. The summed E-state index contributed by atoms with van der Waals surface area (Å²) in [6.45, 7) is 5.45. The topological polar surface area (TPSA) is 108 Å². The molecule has 0 aliphatic rings. The number of carbonyl (C=O) groups is 1. The average Bonchev–Trinajstić information content (AvgIpc) is 2.75. The summed E-state index contributed by atoms with van der Waals surface area (Å²) in [6, 6.07) is -0.363. The number of hydrogen-bond acceptors (Lipinski definition) is 5. The van der Waals surface area contributed by atoms with Crippen LogP contribution in [0.15, 0.2) is 15.5 Å². The zero-order valence-electron chi connectivity index (χ0n) is 12.3. The van der Waals surface area contributed by atoms with Crippen LogP contribution in [0.25, 0.3) is 11.1 Å². The van der Waals surface area contributed by atoms with E-state index in [0.717, 1.165) is 0 Å². The van der Waals surface area contributed by atoms with E-state index in [2.05, 4.69) is 15.3 Å². The zero-order valence-corrected chi connectivity index (χ0v) is 12.3. The van der Waals surface area contributed by atoms with Crippen LogP contribution >= 0.6 is 0 Å². The van der Waals surface area contributed by atoms with Gasteiger partial charge in [0.2, 0.25) is 5.71 Å². The van der Waals surface area contributed by atoms with Crippen molar-refractivity contribution < 1.29 is 14.3 Å². The zero-order chi connectivity index (χ0) is 15.6. The molecule has 2 aromatic rings. The number of hydrogen-bond donors (Lipinski definition) is 3. The number of H-pyrrole nitrogens is 1. The van der Waals surface area contributed by atoms with E-state index in [9.17, 15) is 14.7 Å². The third kappa shape index (κ3) is 3.13. The minimum Gasteiger partial charge on any atom is -0.442 e. The number of aromatic nitrogens is 2. The lowest BCUT2D eigenvalue weighted by atomic mass is 10.0. The first-order valence-corrected chi connectivity index (χ1v) is 6.82. The van der Waals surface area contributed by atoms with Crippen LogP contribution in [-0.4, -0.2) is 33.6 Å². The smallest absolute Gasteiger partial charge is 0.262 e. The third-order valence-corrected chi connectivity index (χ3v) is 3.21. The molecule has 114 valence electrons. The van der Waals surface area contributed by atoms with Gasteiger partial charge in [0.1, 0.15) is 11.1 Å². The molecule has 0 radical (unpaired) electrons. The number of aliphatic hydroxyl groups is 1. The fourth-order valence-electron chi connectivity index (χ4n) is 2.33. The average molecular weight is 293 g/mol. The maximum Gasteiger partial charge on any atom is 0.262 e. The number of aryl methyl sites for hydroxylation is 1. The van der Waals surface area contributed by atoms with Gasteiger partial charge in [-0.3, -0.25) is 9.59 Å². The number of furan rings is 1. The molecule has 1 unspecified atom stereocenters. The molecule has 0 spiro atoms. The minimum absolute atomic E-state index is 0.130. The number of aromatic amines is 1. The highest BCUT2D eigenvalue weighted by atomic mass is 16.3. The van der Waals surface area contributed by atoms with Crippen molar-refractivity contribution in [1.82, 2.24) is 15.3 Å². The van der Waals surface area contributed by atoms with Gasteiger partial charge in [-0.05, 0) is 19.3 Å². The molecule has 1 amide bonds. The van der Waals surface area contributed by atoms with Crippen molar-refractivity contribution in [3.05, 3.63) is 28.0 Å². The largest absolute Gasteiger partial charge is 0.442 e. The summed E-state index contributed by atoms with van der Waals surface area (Å²) in [5.41, 5.74) is -0.126. The van der Waals surface area contributed by atoms with Crippen LogP contribution in [0.5, 0.6) is 0 Å². The van der Waals surface area contributed by atoms with Crippen LogP contribution in [0.4, 0.5) is 0 Å². The summed E-state index contributed by atoms with van der Waals surface area (Å²) >= 11 is 0. The summed E-state index contributed by atoms with van der Waals surface area (Å²) in [5.74, 6) is 0.215. The summed E-state index contributed by atoms with van der Waals surface area (Å²) in [4.78, 5) is 30.6. The number of rotatable bonds is 5. The molecular weight excluding hydrogens is 274 g/mol. The van der Waals surface area contributed by atoms with Gasteiger partial charge in [0.05, 0.1) is 24.5 Å². The second-order valence-electron chi connectivity index (χ2n) is 5.43. The van der Waals surface area contributed by atoms with Crippen LogP contribution < -0.4 is 10.9 Å². The fourth-order valence-corrected chi connectivity index (χ4v) is 2.33. The highest BCUT2D eigenvalue weighted by molar-refractivity contribution is 6.06. The van der Waals surface area contributed by atoms with Crippen molar-refractivity contribution >= 4 is 17.0 Å². The molecule has 0 aliphatic heterocycles. The van der Waals surface area contributed by atoms with E-state index in [1.165, 1.54) is 6.33 Å². The number of amides is 1. The van der Waals surface area contributed by atoms with E-state index in [1.54, 1.807) is 6.92 Å². The summed E-state index contributed by atoms with van der Waals surface area (Å²) in [5, 5.41) is 12.2. The van der Waals surface area contributed by atoms with E-state index in [-0.39, 0.29) is 29.3 Å². The Bertz CT molecular complexity index is 702. The van der Waals surface area contributed by atoms with E-state index < -0.39 is 11.5 Å². The number of nitrogens with one attached hydrogen (secondary N) is 2. The van der Waals surface area contributed by atoms with Crippen LogP contribution in [0.1, 0.15) is 36.4 Å². The van der Waals surface area contributed by atoms with Crippen LogP contribution in [0.2, 0.25) is 0 Å². The first-order chi connectivity index (χ1) is 9.93. The number of fused-ring (bicyclic) bond motifs is 1. The molecule has 1 atom stereocenters. The van der Waals surface area contributed by atoms with Gasteiger partial charge in [-0.15, -0.1) is 0 Å². The molecule has 0 fully saturated rings. The summed E-state index contributed by atoms with van der Waals surface area (Å²) in [7, 11) is 0. The van der Waals surface area contributed by atoms with E-state index in [4.69, 9.17) is 4.42 Å². The Morgan fingerprint density at radius 1 is 1.52 bits per heavy atom. The number of nitrogens with zero attached hydrogens (tertiary/aromatic N) is 1. The molecule has 2 rings (SSSR count). The van der Waals surface area contributed by atoms with Gasteiger partial charge in [-0.2, -0.15) is 0 Å². The Morgan fingerprint density at radius 2 is 2.24 bits per heavy atom. The molecule has 0 saturated carbocycles. The minimum atomic E-state index is -0.440. The van der Waals surface area contributed by atoms with Crippen LogP contribution in [-0.2, 0) is 0 Å². The Kier molecular flexibility index (Phi) is 4.42. The van der Waals surface area contributed by atoms with Crippen LogP contribution in [0, 0.1) is 12.8 Å². The fraction of sp³-hybridized carbons (Fsp3) is 0.500. The van der Waals surface area contributed by atoms with Gasteiger partial charge in [-0.25, -0.2) is 4.98 Å². The number of carbonyl (C=O) groups excluding carboxylic acids is 1. The molecule has 0 aliphatic carbocycles. The lowest BCUT2D eigenvalue weighted by Gasteiger charge is -2.18. The molecule has 7 heteroatoms. The quantitative estimate of drug-likeness (QED) is 0.761. The molecule has 21 heavy (non-hydrogen) atoms. The maximum absolute atomic E-state index is 12.4. The highest BCUT2D eigenvalue weighted by Crippen LogP contribution is 2.20. The van der Waals surface area contributed by atoms with Gasteiger partial charge < -0.3 is 19.8 Å². The molecule has 2 heterocycles. The Balaban J connectivity index is 2.35. The van der Waals surface area contributed by atoms with Gasteiger partial charge >= 0.3 is 0 Å². The normalized spacial score (nSPS) is 12.8. The highest BCUT2D eigenvalue weighted by Gasteiger charge is 2.23. The lowest BCUT2D eigenvalue weighted by molar-refractivity contribution is 0.0908. The monoisotopic (exact) mass is 293 g/mol. The summed E-state index contributed by atoms with van der Waals surface area (Å²) in [6.07, 6.45) is 1.87. The molecule has 7 nitrogen and oxygen atoms in total. The van der Waals surface area contributed by atoms with Crippen molar-refractivity contribution in [3.63, 3.8) is 0 Å². The first-order valence-electron chi connectivity index (χ1n) is 6.82. The molecular formula is C14H19N3O4. The van der Waals surface area contributed by atoms with E-state index >= 15 is 0 Å². The Morgan fingerprint density at radius 3 is 2.86 bits per heavy atom. The van der Waals surface area contributed by atoms with Crippen molar-refractivity contribution in [3.8, 4) is 0 Å². The van der Waals surface area contributed by atoms with Crippen molar-refractivity contribution in [2.75, 3.05) is 6.61 Å². The van der Waals surface area contributed by atoms with E-state index in [1.807, 2.05) is 13.8 Å².